The molecule has 0 saturated heterocycles. The van der Waals surface area contributed by atoms with Crippen molar-refractivity contribution in [2.75, 3.05) is 7.11 Å². The van der Waals surface area contributed by atoms with E-state index in [4.69, 9.17) is 5.11 Å². The van der Waals surface area contributed by atoms with E-state index in [1.54, 1.807) is 0 Å². The second-order valence-corrected chi connectivity index (χ2v) is 3.44. The van der Waals surface area contributed by atoms with Gasteiger partial charge in [0, 0.05) is 11.6 Å². The highest BCUT2D eigenvalue weighted by atomic mass is 19.4. The van der Waals surface area contributed by atoms with Crippen LogP contribution in [0.1, 0.15) is 23.2 Å². The Hall–Kier alpha value is -1.93. The van der Waals surface area contributed by atoms with E-state index in [1.807, 2.05) is 0 Å². The Balaban J connectivity index is 3.56. The first-order valence-electron chi connectivity index (χ1n) is 4.81. The fourth-order valence-electron chi connectivity index (χ4n) is 1.44. The van der Waals surface area contributed by atoms with E-state index in [9.17, 15) is 26.7 Å². The lowest BCUT2D eigenvalue weighted by molar-refractivity contribution is -0.140. The van der Waals surface area contributed by atoms with E-state index in [2.05, 4.69) is 9.72 Å². The number of alkyl halides is 5. The van der Waals surface area contributed by atoms with Gasteiger partial charge in [-0.1, -0.05) is 0 Å². The first-order chi connectivity index (χ1) is 8.66. The molecular weight excluding hydrogens is 277 g/mol. The number of ether oxygens (including phenoxy) is 1. The Labute approximate surface area is 103 Å². The zero-order valence-corrected chi connectivity index (χ0v) is 9.46. The van der Waals surface area contributed by atoms with Crippen molar-refractivity contribution in [2.24, 2.45) is 0 Å². The minimum atomic E-state index is -4.98. The molecule has 0 bridgehead atoms. The molecule has 0 saturated carbocycles. The van der Waals surface area contributed by atoms with Gasteiger partial charge >= 0.3 is 12.1 Å². The number of aliphatic carboxylic acids is 1. The highest BCUT2D eigenvalue weighted by Gasteiger charge is 2.37. The van der Waals surface area contributed by atoms with Crippen LogP contribution in [0, 0.1) is 0 Å². The number of carboxylic acids is 1. The lowest BCUT2D eigenvalue weighted by atomic mass is 10.0. The third-order valence-electron chi connectivity index (χ3n) is 2.18. The fraction of sp³-hybridized carbons (Fsp3) is 0.400. The smallest absolute Gasteiger partial charge is 0.416 e. The zero-order chi connectivity index (χ0) is 14.8. The molecule has 1 rings (SSSR count). The Morgan fingerprint density at radius 3 is 2.42 bits per heavy atom. The zero-order valence-electron chi connectivity index (χ0n) is 9.46. The highest BCUT2D eigenvalue weighted by molar-refractivity contribution is 5.71. The molecule has 0 aliphatic rings. The molecule has 0 atom stereocenters. The van der Waals surface area contributed by atoms with Gasteiger partial charge in [0.1, 0.15) is 5.69 Å². The van der Waals surface area contributed by atoms with Crippen LogP contribution in [-0.2, 0) is 17.4 Å². The molecule has 4 nitrogen and oxygen atoms in total. The summed E-state index contributed by atoms with van der Waals surface area (Å²) in [5.41, 5.74) is -3.79. The van der Waals surface area contributed by atoms with Gasteiger partial charge in [-0.05, 0) is 0 Å². The third-order valence-corrected chi connectivity index (χ3v) is 2.18. The van der Waals surface area contributed by atoms with Crippen LogP contribution < -0.4 is 4.74 Å². The maximum absolute atomic E-state index is 12.7. The van der Waals surface area contributed by atoms with Gasteiger partial charge in [0.25, 0.3) is 6.43 Å². The summed E-state index contributed by atoms with van der Waals surface area (Å²) in [5.74, 6) is -2.32. The van der Waals surface area contributed by atoms with Crippen LogP contribution in [0.25, 0.3) is 0 Å². The SMILES string of the molecule is COc1cc(C(F)(F)F)c(CC(=O)O)c(C(F)F)n1. The summed E-state index contributed by atoms with van der Waals surface area (Å²) in [6.07, 6.45) is -9.53. The average molecular weight is 285 g/mol. The molecule has 19 heavy (non-hydrogen) atoms. The Morgan fingerprint density at radius 2 is 2.05 bits per heavy atom. The van der Waals surface area contributed by atoms with Crippen molar-refractivity contribution in [1.29, 1.82) is 0 Å². The third kappa shape index (κ3) is 3.52. The number of rotatable bonds is 4. The number of methoxy groups -OCH3 is 1. The van der Waals surface area contributed by atoms with Gasteiger partial charge in [0.2, 0.25) is 5.88 Å². The van der Waals surface area contributed by atoms with Crippen LogP contribution in [0.2, 0.25) is 0 Å². The second-order valence-electron chi connectivity index (χ2n) is 3.44. The maximum Gasteiger partial charge on any atom is 0.416 e. The minimum Gasteiger partial charge on any atom is -0.481 e. The first kappa shape index (κ1) is 15.1. The Kier molecular flexibility index (Phi) is 4.28. The Bertz CT molecular complexity index is 487. The van der Waals surface area contributed by atoms with Gasteiger partial charge < -0.3 is 9.84 Å². The topological polar surface area (TPSA) is 59.4 Å². The molecule has 9 heteroatoms. The normalized spacial score (nSPS) is 11.7. The van der Waals surface area contributed by atoms with Crippen LogP contribution >= 0.6 is 0 Å². The van der Waals surface area contributed by atoms with Gasteiger partial charge in [0.15, 0.2) is 0 Å². The molecule has 1 aromatic heterocycles. The van der Waals surface area contributed by atoms with Crippen molar-refractivity contribution >= 4 is 5.97 Å². The number of hydrogen-bond acceptors (Lipinski definition) is 3. The summed E-state index contributed by atoms with van der Waals surface area (Å²) in [5, 5.41) is 8.52. The van der Waals surface area contributed by atoms with Crippen molar-refractivity contribution < 1.29 is 36.6 Å². The van der Waals surface area contributed by atoms with Crippen LogP contribution in [0.4, 0.5) is 22.0 Å². The first-order valence-corrected chi connectivity index (χ1v) is 4.81. The van der Waals surface area contributed by atoms with Crippen LogP contribution in [0.15, 0.2) is 6.07 Å². The molecule has 0 aromatic carbocycles. The number of nitrogens with zero attached hydrogens (tertiary/aromatic N) is 1. The lowest BCUT2D eigenvalue weighted by Gasteiger charge is -2.16. The van der Waals surface area contributed by atoms with Crippen LogP contribution in [-0.4, -0.2) is 23.2 Å². The summed E-state index contributed by atoms with van der Waals surface area (Å²) in [7, 11) is 0.967. The largest absolute Gasteiger partial charge is 0.481 e. The van der Waals surface area contributed by atoms with Crippen molar-refractivity contribution in [3.8, 4) is 5.88 Å². The second kappa shape index (κ2) is 5.37. The van der Waals surface area contributed by atoms with Gasteiger partial charge in [-0.3, -0.25) is 4.79 Å². The predicted octanol–water partition coefficient (Wildman–Crippen LogP) is 2.67. The molecule has 0 radical (unpaired) electrons. The highest BCUT2D eigenvalue weighted by Crippen LogP contribution is 2.37. The minimum absolute atomic E-state index is 0.393. The molecule has 0 amide bonds. The average Bonchev–Trinajstić information content (AvgIpc) is 2.26. The van der Waals surface area contributed by atoms with Gasteiger partial charge in [-0.15, -0.1) is 0 Å². The molecule has 1 aromatic rings. The summed E-state index contributed by atoms with van der Waals surface area (Å²) in [4.78, 5) is 13.7. The number of aromatic nitrogens is 1. The molecule has 106 valence electrons. The molecule has 0 fully saturated rings. The van der Waals surface area contributed by atoms with Crippen LogP contribution in [0.3, 0.4) is 0 Å². The van der Waals surface area contributed by atoms with E-state index in [0.29, 0.717) is 6.07 Å². The number of carboxylic acid groups (broad SMARTS) is 1. The molecular formula is C10H8F5NO3. The standard InChI is InChI=1S/C10H8F5NO3/c1-19-6-3-5(10(13,14)15)4(2-7(17)18)8(16-6)9(11)12/h3,9H,2H2,1H3,(H,17,18). The Morgan fingerprint density at radius 1 is 1.47 bits per heavy atom. The number of carbonyl (C=O) groups is 1. The van der Waals surface area contributed by atoms with Crippen molar-refractivity contribution in [1.82, 2.24) is 4.98 Å². The van der Waals surface area contributed by atoms with Crippen molar-refractivity contribution in [3.05, 3.63) is 22.9 Å². The molecule has 0 aliphatic heterocycles. The summed E-state index contributed by atoms with van der Waals surface area (Å²) in [6.45, 7) is 0. The summed E-state index contributed by atoms with van der Waals surface area (Å²) in [6, 6.07) is 0.393. The van der Waals surface area contributed by atoms with Crippen LogP contribution in [0.5, 0.6) is 5.88 Å². The quantitative estimate of drug-likeness (QED) is 0.864. The van der Waals surface area contributed by atoms with Gasteiger partial charge in [-0.2, -0.15) is 13.2 Å². The van der Waals surface area contributed by atoms with E-state index in [-0.39, 0.29) is 0 Å². The van der Waals surface area contributed by atoms with Crippen molar-refractivity contribution in [2.45, 2.75) is 19.0 Å². The van der Waals surface area contributed by atoms with E-state index in [0.717, 1.165) is 7.11 Å². The molecule has 0 spiro atoms. The summed E-state index contributed by atoms with van der Waals surface area (Å²) >= 11 is 0. The molecule has 0 unspecified atom stereocenters. The van der Waals surface area contributed by atoms with Gasteiger partial charge in [0.05, 0.1) is 19.1 Å². The number of halogens is 5. The fourth-order valence-corrected chi connectivity index (χ4v) is 1.44. The lowest BCUT2D eigenvalue weighted by Crippen LogP contribution is -2.16. The monoisotopic (exact) mass is 285 g/mol. The van der Waals surface area contributed by atoms with Crippen molar-refractivity contribution in [3.63, 3.8) is 0 Å². The van der Waals surface area contributed by atoms with E-state index in [1.165, 1.54) is 0 Å². The maximum atomic E-state index is 12.7. The molecule has 1 heterocycles. The molecule has 0 aliphatic carbocycles. The number of pyridine rings is 1. The predicted molar refractivity (Wildman–Crippen MR) is 52.1 cm³/mol. The number of hydrogen-bond donors (Lipinski definition) is 1. The summed E-state index contributed by atoms with van der Waals surface area (Å²) < 4.78 is 68.0. The van der Waals surface area contributed by atoms with E-state index < -0.39 is 47.7 Å². The molecule has 1 N–H and O–H groups in total. The van der Waals surface area contributed by atoms with E-state index >= 15 is 0 Å². The van der Waals surface area contributed by atoms with Gasteiger partial charge in [-0.25, -0.2) is 13.8 Å².